The van der Waals surface area contributed by atoms with Crippen molar-refractivity contribution in [1.29, 1.82) is 0 Å². The lowest BCUT2D eigenvalue weighted by Crippen LogP contribution is -2.45. The monoisotopic (exact) mass is 264 g/mol. The number of hydrogen-bond donors (Lipinski definition) is 2. The Kier molecular flexibility index (Phi) is 4.19. The van der Waals surface area contributed by atoms with E-state index in [9.17, 15) is 9.59 Å². The highest BCUT2D eigenvalue weighted by Gasteiger charge is 2.30. The van der Waals surface area contributed by atoms with Crippen molar-refractivity contribution in [2.75, 3.05) is 0 Å². The summed E-state index contributed by atoms with van der Waals surface area (Å²) in [6.07, 6.45) is 7.92. The summed E-state index contributed by atoms with van der Waals surface area (Å²) in [6, 6.07) is -0.177. The Hall–Kier alpha value is -1.85. The largest absolute Gasteiger partial charge is 0.369 e. The first-order valence-corrected chi connectivity index (χ1v) is 6.67. The van der Waals surface area contributed by atoms with Crippen LogP contribution in [-0.2, 0) is 11.8 Å². The molecule has 3 N–H and O–H groups in total. The van der Waals surface area contributed by atoms with Crippen molar-refractivity contribution >= 4 is 11.8 Å². The summed E-state index contributed by atoms with van der Waals surface area (Å²) < 4.78 is 1.66. The van der Waals surface area contributed by atoms with E-state index >= 15 is 0 Å². The summed E-state index contributed by atoms with van der Waals surface area (Å²) >= 11 is 0. The highest BCUT2D eigenvalue weighted by molar-refractivity contribution is 5.91. The average Bonchev–Trinajstić information content (AvgIpc) is 2.65. The third-order valence-electron chi connectivity index (χ3n) is 3.72. The minimum absolute atomic E-state index is 0.177. The molecular formula is C13H20N4O2. The Morgan fingerprint density at radius 2 is 2.11 bits per heavy atom. The molecule has 1 aromatic heterocycles. The van der Waals surface area contributed by atoms with Gasteiger partial charge in [-0.05, 0) is 12.8 Å². The van der Waals surface area contributed by atoms with Gasteiger partial charge in [0.15, 0.2) is 5.82 Å². The van der Waals surface area contributed by atoms with E-state index in [2.05, 4.69) is 10.3 Å². The fraction of sp³-hybridized carbons (Fsp3) is 0.615. The molecule has 0 aliphatic heterocycles. The molecule has 1 aliphatic carbocycles. The van der Waals surface area contributed by atoms with Crippen molar-refractivity contribution in [3.05, 3.63) is 18.2 Å². The Balaban J connectivity index is 2.08. The van der Waals surface area contributed by atoms with Crippen LogP contribution in [-0.4, -0.2) is 27.4 Å². The number of primary amides is 1. The number of nitrogens with one attached hydrogen (secondary N) is 1. The molecule has 104 valence electrons. The van der Waals surface area contributed by atoms with Crippen molar-refractivity contribution in [2.45, 2.75) is 38.1 Å². The number of nitrogens with zero attached hydrogens (tertiary/aromatic N) is 2. The van der Waals surface area contributed by atoms with E-state index in [0.29, 0.717) is 5.82 Å². The average molecular weight is 264 g/mol. The van der Waals surface area contributed by atoms with E-state index < -0.39 is 0 Å². The van der Waals surface area contributed by atoms with Gasteiger partial charge in [0.05, 0.1) is 5.92 Å². The predicted octanol–water partition coefficient (Wildman–Crippen LogP) is 0.584. The van der Waals surface area contributed by atoms with Crippen LogP contribution in [0, 0.1) is 5.92 Å². The Bertz CT molecular complexity index is 469. The number of rotatable bonds is 3. The maximum atomic E-state index is 12.1. The van der Waals surface area contributed by atoms with Crippen molar-refractivity contribution in [3.8, 4) is 0 Å². The summed E-state index contributed by atoms with van der Waals surface area (Å²) in [6.45, 7) is 0. The number of carbonyl (C=O) groups is 2. The summed E-state index contributed by atoms with van der Waals surface area (Å²) in [7, 11) is 1.76. The molecular weight excluding hydrogens is 244 g/mol. The minimum Gasteiger partial charge on any atom is -0.369 e. The molecule has 1 aliphatic rings. The smallest absolute Gasteiger partial charge is 0.287 e. The highest BCUT2D eigenvalue weighted by atomic mass is 16.2. The van der Waals surface area contributed by atoms with Crippen LogP contribution in [0.15, 0.2) is 12.4 Å². The number of imidazole rings is 1. The van der Waals surface area contributed by atoms with Crippen LogP contribution in [0.2, 0.25) is 0 Å². The first-order chi connectivity index (χ1) is 9.09. The molecule has 0 spiro atoms. The Labute approximate surface area is 112 Å². The summed E-state index contributed by atoms with van der Waals surface area (Å²) in [5.74, 6) is -0.489. The van der Waals surface area contributed by atoms with Crippen LogP contribution in [0.1, 0.15) is 42.7 Å². The maximum absolute atomic E-state index is 12.1. The van der Waals surface area contributed by atoms with Gasteiger partial charge in [0.1, 0.15) is 0 Å². The molecule has 2 atom stereocenters. The second-order valence-electron chi connectivity index (χ2n) is 5.09. The van der Waals surface area contributed by atoms with Gasteiger partial charge in [-0.1, -0.05) is 19.3 Å². The second-order valence-corrected chi connectivity index (χ2v) is 5.09. The first-order valence-electron chi connectivity index (χ1n) is 6.67. The zero-order chi connectivity index (χ0) is 13.8. The van der Waals surface area contributed by atoms with Crippen molar-refractivity contribution in [2.24, 2.45) is 18.7 Å². The zero-order valence-electron chi connectivity index (χ0n) is 11.1. The highest BCUT2D eigenvalue weighted by Crippen LogP contribution is 2.23. The van der Waals surface area contributed by atoms with Gasteiger partial charge in [0.2, 0.25) is 5.91 Å². The van der Waals surface area contributed by atoms with E-state index in [1.807, 2.05) is 0 Å². The molecule has 0 saturated heterocycles. The SMILES string of the molecule is Cn1ccnc1C(=O)N[C@@H]1CCCCC[C@H]1C(N)=O. The lowest BCUT2D eigenvalue weighted by molar-refractivity contribution is -0.122. The molecule has 6 heteroatoms. The Morgan fingerprint density at radius 1 is 1.37 bits per heavy atom. The second kappa shape index (κ2) is 5.86. The summed E-state index contributed by atoms with van der Waals surface area (Å²) in [5, 5.41) is 2.91. The molecule has 1 heterocycles. The number of hydrogen-bond acceptors (Lipinski definition) is 3. The fourth-order valence-corrected chi connectivity index (χ4v) is 2.64. The fourth-order valence-electron chi connectivity index (χ4n) is 2.64. The minimum atomic E-state index is -0.327. The molecule has 0 aromatic carbocycles. The van der Waals surface area contributed by atoms with Gasteiger partial charge in [-0.15, -0.1) is 0 Å². The molecule has 19 heavy (non-hydrogen) atoms. The third-order valence-corrected chi connectivity index (χ3v) is 3.72. The number of aromatic nitrogens is 2. The topological polar surface area (TPSA) is 90.0 Å². The predicted molar refractivity (Wildman–Crippen MR) is 70.2 cm³/mol. The molecule has 0 unspecified atom stereocenters. The maximum Gasteiger partial charge on any atom is 0.287 e. The van der Waals surface area contributed by atoms with Gasteiger partial charge in [0.25, 0.3) is 5.91 Å². The van der Waals surface area contributed by atoms with Crippen LogP contribution < -0.4 is 11.1 Å². The third kappa shape index (κ3) is 3.13. The standard InChI is InChI=1S/C13H20N4O2/c1-17-8-7-15-12(17)13(19)16-10-6-4-2-3-5-9(10)11(14)18/h7-10H,2-6H2,1H3,(H2,14,18)(H,16,19)/t9-,10-/m1/s1. The van der Waals surface area contributed by atoms with Gasteiger partial charge < -0.3 is 15.6 Å². The molecule has 0 radical (unpaired) electrons. The van der Waals surface area contributed by atoms with E-state index in [4.69, 9.17) is 5.73 Å². The van der Waals surface area contributed by atoms with Gasteiger partial charge in [-0.3, -0.25) is 9.59 Å². The van der Waals surface area contributed by atoms with Crippen LogP contribution in [0.25, 0.3) is 0 Å². The number of nitrogens with two attached hydrogens (primary N) is 1. The van der Waals surface area contributed by atoms with E-state index in [1.54, 1.807) is 24.0 Å². The molecule has 1 fully saturated rings. The number of aryl methyl sites for hydroxylation is 1. The lowest BCUT2D eigenvalue weighted by Gasteiger charge is -2.23. The van der Waals surface area contributed by atoms with Crippen molar-refractivity contribution in [3.63, 3.8) is 0 Å². The van der Waals surface area contributed by atoms with E-state index in [-0.39, 0.29) is 23.8 Å². The van der Waals surface area contributed by atoms with Crippen LogP contribution in [0.4, 0.5) is 0 Å². The zero-order valence-corrected chi connectivity index (χ0v) is 11.1. The molecule has 1 saturated carbocycles. The van der Waals surface area contributed by atoms with Gasteiger partial charge in [-0.25, -0.2) is 4.98 Å². The van der Waals surface area contributed by atoms with Crippen molar-refractivity contribution in [1.82, 2.24) is 14.9 Å². The first kappa shape index (κ1) is 13.6. The molecule has 1 aromatic rings. The van der Waals surface area contributed by atoms with Crippen LogP contribution in [0.5, 0.6) is 0 Å². The van der Waals surface area contributed by atoms with Crippen LogP contribution in [0.3, 0.4) is 0 Å². The van der Waals surface area contributed by atoms with Gasteiger partial charge >= 0.3 is 0 Å². The molecule has 0 bridgehead atoms. The normalized spacial score (nSPS) is 23.6. The van der Waals surface area contributed by atoms with E-state index in [1.165, 1.54) is 0 Å². The van der Waals surface area contributed by atoms with Gasteiger partial charge in [0, 0.05) is 25.5 Å². The molecule has 6 nitrogen and oxygen atoms in total. The Morgan fingerprint density at radius 3 is 2.74 bits per heavy atom. The molecule has 2 amide bonds. The van der Waals surface area contributed by atoms with Crippen molar-refractivity contribution < 1.29 is 9.59 Å². The van der Waals surface area contributed by atoms with E-state index in [0.717, 1.165) is 32.1 Å². The van der Waals surface area contributed by atoms with Crippen LogP contribution >= 0.6 is 0 Å². The number of amides is 2. The number of carbonyl (C=O) groups excluding carboxylic acids is 2. The summed E-state index contributed by atoms with van der Waals surface area (Å²) in [4.78, 5) is 27.6. The summed E-state index contributed by atoms with van der Waals surface area (Å²) in [5.41, 5.74) is 5.44. The molecule has 2 rings (SSSR count). The van der Waals surface area contributed by atoms with Gasteiger partial charge in [-0.2, -0.15) is 0 Å². The lowest BCUT2D eigenvalue weighted by atomic mass is 9.94. The quantitative estimate of drug-likeness (QED) is 0.783.